The Hall–Kier alpha value is -1.57. The molecule has 0 aromatic carbocycles. The fraction of sp³-hybridized carbons (Fsp3) is 0.750. The molecule has 1 fully saturated rings. The van der Waals surface area contributed by atoms with E-state index >= 15 is 0 Å². The molecule has 0 aliphatic heterocycles. The third-order valence-corrected chi connectivity index (χ3v) is 3.21. The average molecular weight is 238 g/mol. The van der Waals surface area contributed by atoms with Crippen LogP contribution in [-0.2, 0) is 9.59 Å². The normalized spacial score (nSPS) is 24.1. The molecule has 2 atom stereocenters. The van der Waals surface area contributed by atoms with Crippen molar-refractivity contribution in [3.8, 4) is 6.07 Å². The van der Waals surface area contributed by atoms with Gasteiger partial charge in [0.25, 0.3) is 0 Å². The lowest BCUT2D eigenvalue weighted by atomic mass is 9.89. The summed E-state index contributed by atoms with van der Waals surface area (Å²) >= 11 is 0. The summed E-state index contributed by atoms with van der Waals surface area (Å²) in [7, 11) is 0. The molecule has 5 nitrogen and oxygen atoms in total. The van der Waals surface area contributed by atoms with Crippen molar-refractivity contribution in [2.24, 2.45) is 11.3 Å². The monoisotopic (exact) mass is 238 g/mol. The Labute approximate surface area is 101 Å². The number of carboxylic acid groups (broad SMARTS) is 1. The highest BCUT2D eigenvalue weighted by Crippen LogP contribution is 2.26. The zero-order valence-electron chi connectivity index (χ0n) is 10.2. The van der Waals surface area contributed by atoms with Gasteiger partial charge in [-0.3, -0.25) is 9.59 Å². The maximum Gasteiger partial charge on any atom is 0.309 e. The summed E-state index contributed by atoms with van der Waals surface area (Å²) in [5, 5.41) is 20.6. The highest BCUT2D eigenvalue weighted by atomic mass is 16.4. The van der Waals surface area contributed by atoms with E-state index in [0.717, 1.165) is 19.3 Å². The first-order valence-corrected chi connectivity index (χ1v) is 5.79. The number of rotatable bonds is 4. The molecule has 1 amide bonds. The Bertz CT molecular complexity index is 357. The molecule has 0 heterocycles. The molecule has 0 bridgehead atoms. The van der Waals surface area contributed by atoms with Gasteiger partial charge in [0.2, 0.25) is 5.91 Å². The van der Waals surface area contributed by atoms with E-state index in [2.05, 4.69) is 11.4 Å². The first-order valence-electron chi connectivity index (χ1n) is 5.79. The fourth-order valence-electron chi connectivity index (χ4n) is 2.02. The maximum absolute atomic E-state index is 11.7. The van der Waals surface area contributed by atoms with Crippen LogP contribution in [0.5, 0.6) is 0 Å². The number of carbonyl (C=O) groups excluding carboxylic acids is 1. The average Bonchev–Trinajstić information content (AvgIpc) is 2.63. The molecule has 17 heavy (non-hydrogen) atoms. The van der Waals surface area contributed by atoms with Gasteiger partial charge in [-0.1, -0.05) is 0 Å². The van der Waals surface area contributed by atoms with E-state index < -0.39 is 11.4 Å². The molecular weight excluding hydrogens is 220 g/mol. The lowest BCUT2D eigenvalue weighted by Gasteiger charge is -2.21. The summed E-state index contributed by atoms with van der Waals surface area (Å²) in [5.74, 6) is -1.41. The van der Waals surface area contributed by atoms with E-state index in [9.17, 15) is 9.59 Å². The molecule has 1 aliphatic rings. The van der Waals surface area contributed by atoms with Gasteiger partial charge in [0.15, 0.2) is 0 Å². The number of nitrogens with zero attached hydrogens (tertiary/aromatic N) is 1. The van der Waals surface area contributed by atoms with Crippen molar-refractivity contribution in [2.75, 3.05) is 0 Å². The van der Waals surface area contributed by atoms with E-state index in [4.69, 9.17) is 10.4 Å². The van der Waals surface area contributed by atoms with Crippen molar-refractivity contribution in [3.63, 3.8) is 0 Å². The number of hydrogen-bond acceptors (Lipinski definition) is 3. The molecule has 1 saturated carbocycles. The maximum atomic E-state index is 11.7. The quantitative estimate of drug-likeness (QED) is 0.772. The second kappa shape index (κ2) is 5.17. The van der Waals surface area contributed by atoms with Crippen molar-refractivity contribution in [1.29, 1.82) is 5.26 Å². The van der Waals surface area contributed by atoms with Gasteiger partial charge in [0.05, 0.1) is 17.4 Å². The minimum absolute atomic E-state index is 0.0585. The van der Waals surface area contributed by atoms with E-state index in [0.29, 0.717) is 0 Å². The number of carboxylic acids is 1. The van der Waals surface area contributed by atoms with Crippen LogP contribution in [0.15, 0.2) is 0 Å². The number of amides is 1. The largest absolute Gasteiger partial charge is 0.481 e. The Morgan fingerprint density at radius 2 is 2.12 bits per heavy atom. The second-order valence-corrected chi connectivity index (χ2v) is 5.21. The topological polar surface area (TPSA) is 90.2 Å². The van der Waals surface area contributed by atoms with Crippen LogP contribution in [0, 0.1) is 22.7 Å². The third-order valence-electron chi connectivity index (χ3n) is 3.21. The summed E-state index contributed by atoms with van der Waals surface area (Å²) in [4.78, 5) is 22.6. The van der Waals surface area contributed by atoms with Gasteiger partial charge in [0.1, 0.15) is 0 Å². The summed E-state index contributed by atoms with van der Waals surface area (Å²) in [5.41, 5.74) is -1.06. The van der Waals surface area contributed by atoms with Gasteiger partial charge in [-0.25, -0.2) is 0 Å². The molecule has 0 radical (unpaired) electrons. The summed E-state index contributed by atoms with van der Waals surface area (Å²) in [6.07, 6.45) is 2.49. The van der Waals surface area contributed by atoms with Crippen molar-refractivity contribution in [2.45, 2.75) is 45.6 Å². The van der Waals surface area contributed by atoms with Crippen LogP contribution in [0.25, 0.3) is 0 Å². The SMILES string of the molecule is CC(C)(CC(=O)NC1CCCC1C#N)C(=O)O. The molecule has 0 spiro atoms. The van der Waals surface area contributed by atoms with Gasteiger partial charge in [-0.2, -0.15) is 5.26 Å². The minimum Gasteiger partial charge on any atom is -0.481 e. The molecule has 0 saturated heterocycles. The minimum atomic E-state index is -1.06. The number of aliphatic carboxylic acids is 1. The molecule has 2 N–H and O–H groups in total. The van der Waals surface area contributed by atoms with Gasteiger partial charge >= 0.3 is 5.97 Å². The number of nitriles is 1. The van der Waals surface area contributed by atoms with E-state index in [1.54, 1.807) is 0 Å². The van der Waals surface area contributed by atoms with Crippen LogP contribution in [0.1, 0.15) is 39.5 Å². The van der Waals surface area contributed by atoms with E-state index in [-0.39, 0.29) is 24.3 Å². The first kappa shape index (κ1) is 13.5. The fourth-order valence-corrected chi connectivity index (χ4v) is 2.02. The molecule has 2 unspecified atom stereocenters. The highest BCUT2D eigenvalue weighted by molar-refractivity contribution is 5.84. The van der Waals surface area contributed by atoms with E-state index in [1.807, 2.05) is 0 Å². The predicted octanol–water partition coefficient (Wildman–Crippen LogP) is 1.30. The van der Waals surface area contributed by atoms with Crippen LogP contribution >= 0.6 is 0 Å². The number of hydrogen-bond donors (Lipinski definition) is 2. The van der Waals surface area contributed by atoms with Gasteiger partial charge in [-0.15, -0.1) is 0 Å². The zero-order valence-corrected chi connectivity index (χ0v) is 10.2. The number of carbonyl (C=O) groups is 2. The van der Waals surface area contributed by atoms with Gasteiger partial charge in [-0.05, 0) is 33.1 Å². The van der Waals surface area contributed by atoms with Crippen LogP contribution in [0.4, 0.5) is 0 Å². The Balaban J connectivity index is 2.51. The lowest BCUT2D eigenvalue weighted by molar-refractivity contribution is -0.149. The molecule has 1 aliphatic carbocycles. The van der Waals surface area contributed by atoms with E-state index in [1.165, 1.54) is 13.8 Å². The van der Waals surface area contributed by atoms with Gasteiger partial charge < -0.3 is 10.4 Å². The molecule has 1 rings (SSSR count). The summed E-state index contributed by atoms with van der Waals surface area (Å²) in [6, 6.07) is 2.06. The Morgan fingerprint density at radius 3 is 2.65 bits per heavy atom. The van der Waals surface area contributed by atoms with Crippen LogP contribution < -0.4 is 5.32 Å². The number of nitrogens with one attached hydrogen (secondary N) is 1. The lowest BCUT2D eigenvalue weighted by Crippen LogP contribution is -2.40. The first-order chi connectivity index (χ1) is 7.86. The Morgan fingerprint density at radius 1 is 1.47 bits per heavy atom. The molecule has 0 aromatic rings. The van der Waals surface area contributed by atoms with Crippen molar-refractivity contribution >= 4 is 11.9 Å². The van der Waals surface area contributed by atoms with Crippen molar-refractivity contribution < 1.29 is 14.7 Å². The smallest absolute Gasteiger partial charge is 0.309 e. The van der Waals surface area contributed by atoms with Crippen LogP contribution in [-0.4, -0.2) is 23.0 Å². The third kappa shape index (κ3) is 3.45. The molecule has 0 aromatic heterocycles. The summed E-state index contributed by atoms with van der Waals surface area (Å²) in [6.45, 7) is 3.04. The van der Waals surface area contributed by atoms with Gasteiger partial charge in [0, 0.05) is 12.5 Å². The molecule has 5 heteroatoms. The standard InChI is InChI=1S/C12H18N2O3/c1-12(2,11(16)17)6-10(15)14-9-5-3-4-8(9)7-13/h8-9H,3-6H2,1-2H3,(H,14,15)(H,16,17). The summed E-state index contributed by atoms with van der Waals surface area (Å²) < 4.78 is 0. The molecular formula is C12H18N2O3. The Kier molecular flexibility index (Phi) is 4.11. The van der Waals surface area contributed by atoms with Crippen LogP contribution in [0.3, 0.4) is 0 Å². The highest BCUT2D eigenvalue weighted by Gasteiger charge is 2.33. The predicted molar refractivity (Wildman–Crippen MR) is 60.9 cm³/mol. The molecule has 94 valence electrons. The van der Waals surface area contributed by atoms with Crippen LogP contribution in [0.2, 0.25) is 0 Å². The van der Waals surface area contributed by atoms with Crippen molar-refractivity contribution in [3.05, 3.63) is 0 Å². The van der Waals surface area contributed by atoms with Crippen molar-refractivity contribution in [1.82, 2.24) is 5.32 Å². The second-order valence-electron chi connectivity index (χ2n) is 5.21. The zero-order chi connectivity index (χ0) is 13.1.